The average molecular weight is 314 g/mol. The standard InChI is InChI=1S/C20H14N2O2/c23-14-10-11-16(18(12-14)13-6-2-1-3-7-13)19-15-8-4-5-9-17(15)20(24)22-21-19/h1-12,23H,(H,22,24). The van der Waals surface area contributed by atoms with Crippen molar-refractivity contribution >= 4 is 10.8 Å². The molecule has 0 radical (unpaired) electrons. The molecule has 0 aliphatic carbocycles. The third kappa shape index (κ3) is 2.34. The van der Waals surface area contributed by atoms with Crippen molar-refractivity contribution in [2.45, 2.75) is 0 Å². The summed E-state index contributed by atoms with van der Waals surface area (Å²) < 4.78 is 0. The predicted octanol–water partition coefficient (Wildman–Crippen LogP) is 3.96. The van der Waals surface area contributed by atoms with Gasteiger partial charge in [-0.2, -0.15) is 5.10 Å². The summed E-state index contributed by atoms with van der Waals surface area (Å²) >= 11 is 0. The first-order chi connectivity index (χ1) is 11.7. The molecule has 4 rings (SSSR count). The zero-order chi connectivity index (χ0) is 16.5. The third-order valence-corrected chi connectivity index (χ3v) is 4.04. The number of H-pyrrole nitrogens is 1. The van der Waals surface area contributed by atoms with E-state index in [-0.39, 0.29) is 11.3 Å². The van der Waals surface area contributed by atoms with E-state index < -0.39 is 0 Å². The van der Waals surface area contributed by atoms with E-state index in [2.05, 4.69) is 10.2 Å². The second-order valence-electron chi connectivity index (χ2n) is 5.54. The van der Waals surface area contributed by atoms with Gasteiger partial charge in [-0.1, -0.05) is 48.5 Å². The number of phenols is 1. The van der Waals surface area contributed by atoms with Crippen molar-refractivity contribution in [1.29, 1.82) is 0 Å². The average Bonchev–Trinajstić information content (AvgIpc) is 2.63. The lowest BCUT2D eigenvalue weighted by Crippen LogP contribution is -2.09. The van der Waals surface area contributed by atoms with Gasteiger partial charge in [0.1, 0.15) is 5.75 Å². The van der Waals surface area contributed by atoms with Gasteiger partial charge in [0.2, 0.25) is 0 Å². The lowest BCUT2D eigenvalue weighted by molar-refractivity contribution is 0.475. The van der Waals surface area contributed by atoms with E-state index in [1.807, 2.05) is 54.6 Å². The normalized spacial score (nSPS) is 10.8. The fourth-order valence-corrected chi connectivity index (χ4v) is 2.92. The highest BCUT2D eigenvalue weighted by molar-refractivity contribution is 5.97. The highest BCUT2D eigenvalue weighted by atomic mass is 16.3. The van der Waals surface area contributed by atoms with Crippen molar-refractivity contribution in [2.75, 3.05) is 0 Å². The number of aromatic amines is 1. The summed E-state index contributed by atoms with van der Waals surface area (Å²) in [5.74, 6) is 0.186. The van der Waals surface area contributed by atoms with Gasteiger partial charge in [-0.3, -0.25) is 4.79 Å². The molecule has 0 fully saturated rings. The molecule has 116 valence electrons. The molecule has 0 spiro atoms. The summed E-state index contributed by atoms with van der Waals surface area (Å²) in [4.78, 5) is 12.0. The lowest BCUT2D eigenvalue weighted by atomic mass is 9.95. The van der Waals surface area contributed by atoms with Crippen LogP contribution in [0.5, 0.6) is 5.75 Å². The Hall–Kier alpha value is -3.40. The Morgan fingerprint density at radius 3 is 2.29 bits per heavy atom. The van der Waals surface area contributed by atoms with Crippen molar-refractivity contribution in [3.8, 4) is 28.1 Å². The second kappa shape index (κ2) is 5.66. The van der Waals surface area contributed by atoms with Gasteiger partial charge in [-0.15, -0.1) is 0 Å². The van der Waals surface area contributed by atoms with Crippen LogP contribution in [0.25, 0.3) is 33.2 Å². The number of fused-ring (bicyclic) bond motifs is 1. The summed E-state index contributed by atoms with van der Waals surface area (Å²) in [6.07, 6.45) is 0. The van der Waals surface area contributed by atoms with Crippen molar-refractivity contribution in [3.63, 3.8) is 0 Å². The van der Waals surface area contributed by atoms with Gasteiger partial charge in [0.15, 0.2) is 0 Å². The SMILES string of the molecule is O=c1[nH]nc(-c2ccc(O)cc2-c2ccccc2)c2ccccc12. The van der Waals surface area contributed by atoms with E-state index in [4.69, 9.17) is 0 Å². The Morgan fingerprint density at radius 1 is 0.792 bits per heavy atom. The molecule has 0 unspecified atom stereocenters. The Balaban J connectivity index is 2.06. The lowest BCUT2D eigenvalue weighted by Gasteiger charge is -2.12. The molecule has 2 N–H and O–H groups in total. The van der Waals surface area contributed by atoms with E-state index in [1.165, 1.54) is 0 Å². The molecule has 4 nitrogen and oxygen atoms in total. The Bertz CT molecular complexity index is 1090. The molecular formula is C20H14N2O2. The highest BCUT2D eigenvalue weighted by Crippen LogP contribution is 2.35. The van der Waals surface area contributed by atoms with Crippen LogP contribution < -0.4 is 5.56 Å². The Morgan fingerprint density at radius 2 is 1.50 bits per heavy atom. The molecule has 0 saturated carbocycles. The molecule has 0 aliphatic rings. The maximum Gasteiger partial charge on any atom is 0.272 e. The van der Waals surface area contributed by atoms with Crippen molar-refractivity contribution in [1.82, 2.24) is 10.2 Å². The van der Waals surface area contributed by atoms with Crippen LogP contribution >= 0.6 is 0 Å². The van der Waals surface area contributed by atoms with E-state index in [0.717, 1.165) is 22.1 Å². The van der Waals surface area contributed by atoms with Gasteiger partial charge in [-0.25, -0.2) is 5.10 Å². The number of aromatic hydroxyl groups is 1. The van der Waals surface area contributed by atoms with Gasteiger partial charge in [0, 0.05) is 10.9 Å². The Labute approximate surface area is 138 Å². The zero-order valence-electron chi connectivity index (χ0n) is 12.7. The van der Waals surface area contributed by atoms with Crippen LogP contribution in [0, 0.1) is 0 Å². The quantitative estimate of drug-likeness (QED) is 0.588. The minimum absolute atomic E-state index is 0.186. The van der Waals surface area contributed by atoms with Gasteiger partial charge >= 0.3 is 0 Å². The molecule has 4 heteroatoms. The molecule has 1 heterocycles. The molecule has 0 atom stereocenters. The molecule has 3 aromatic carbocycles. The van der Waals surface area contributed by atoms with Crippen LogP contribution in [-0.2, 0) is 0 Å². The highest BCUT2D eigenvalue weighted by Gasteiger charge is 2.14. The van der Waals surface area contributed by atoms with E-state index in [1.54, 1.807) is 18.2 Å². The minimum Gasteiger partial charge on any atom is -0.508 e. The van der Waals surface area contributed by atoms with E-state index in [9.17, 15) is 9.90 Å². The number of phenolic OH excluding ortho intramolecular Hbond substituents is 1. The van der Waals surface area contributed by atoms with Gasteiger partial charge in [0.25, 0.3) is 5.56 Å². The smallest absolute Gasteiger partial charge is 0.272 e. The number of nitrogens with one attached hydrogen (secondary N) is 1. The number of aromatic nitrogens is 2. The van der Waals surface area contributed by atoms with Gasteiger partial charge in [0.05, 0.1) is 11.1 Å². The number of hydrogen-bond acceptors (Lipinski definition) is 3. The van der Waals surface area contributed by atoms with Crippen LogP contribution in [0.1, 0.15) is 0 Å². The number of nitrogens with zero attached hydrogens (tertiary/aromatic N) is 1. The van der Waals surface area contributed by atoms with Crippen molar-refractivity contribution in [2.24, 2.45) is 0 Å². The topological polar surface area (TPSA) is 66.0 Å². The molecule has 4 aromatic rings. The summed E-state index contributed by atoms with van der Waals surface area (Å²) in [6, 6.07) is 22.3. The van der Waals surface area contributed by atoms with Gasteiger partial charge in [-0.05, 0) is 35.4 Å². The largest absolute Gasteiger partial charge is 0.508 e. The van der Waals surface area contributed by atoms with Crippen LogP contribution in [0.3, 0.4) is 0 Å². The zero-order valence-corrected chi connectivity index (χ0v) is 12.7. The maximum absolute atomic E-state index is 12.0. The van der Waals surface area contributed by atoms with Crippen molar-refractivity contribution < 1.29 is 5.11 Å². The molecule has 1 aromatic heterocycles. The monoisotopic (exact) mass is 314 g/mol. The molecular weight excluding hydrogens is 300 g/mol. The van der Waals surface area contributed by atoms with Crippen molar-refractivity contribution in [3.05, 3.63) is 83.2 Å². The van der Waals surface area contributed by atoms with Crippen LogP contribution in [0.4, 0.5) is 0 Å². The first-order valence-corrected chi connectivity index (χ1v) is 7.60. The first-order valence-electron chi connectivity index (χ1n) is 7.60. The molecule has 0 saturated heterocycles. The second-order valence-corrected chi connectivity index (χ2v) is 5.54. The predicted molar refractivity (Wildman–Crippen MR) is 94.9 cm³/mol. The number of rotatable bonds is 2. The van der Waals surface area contributed by atoms with Crippen LogP contribution in [0.15, 0.2) is 77.6 Å². The molecule has 24 heavy (non-hydrogen) atoms. The van der Waals surface area contributed by atoms with Gasteiger partial charge < -0.3 is 5.11 Å². The fraction of sp³-hybridized carbons (Fsp3) is 0. The third-order valence-electron chi connectivity index (χ3n) is 4.04. The summed E-state index contributed by atoms with van der Waals surface area (Å²) in [6.45, 7) is 0. The summed E-state index contributed by atoms with van der Waals surface area (Å²) in [5, 5.41) is 18.1. The molecule has 0 amide bonds. The number of hydrogen-bond donors (Lipinski definition) is 2. The van der Waals surface area contributed by atoms with E-state index in [0.29, 0.717) is 11.1 Å². The number of benzene rings is 3. The fourth-order valence-electron chi connectivity index (χ4n) is 2.92. The maximum atomic E-state index is 12.0. The molecule has 0 bridgehead atoms. The molecule has 0 aliphatic heterocycles. The Kier molecular flexibility index (Phi) is 3.35. The van der Waals surface area contributed by atoms with Crippen LogP contribution in [0.2, 0.25) is 0 Å². The summed E-state index contributed by atoms with van der Waals surface area (Å²) in [5.41, 5.74) is 3.16. The minimum atomic E-state index is -0.214. The van der Waals surface area contributed by atoms with Crippen LogP contribution in [-0.4, -0.2) is 15.3 Å². The summed E-state index contributed by atoms with van der Waals surface area (Å²) in [7, 11) is 0. The van der Waals surface area contributed by atoms with E-state index >= 15 is 0 Å². The first kappa shape index (κ1) is 14.2.